The average molecular weight is 620 g/mol. The number of hydrogen-bond donors (Lipinski definition) is 3. The zero-order chi connectivity index (χ0) is 28.8. The van der Waals surface area contributed by atoms with E-state index in [-0.39, 0.29) is 42.8 Å². The van der Waals surface area contributed by atoms with Crippen LogP contribution in [0.15, 0.2) is 18.6 Å². The van der Waals surface area contributed by atoms with Gasteiger partial charge in [-0.1, -0.05) is 0 Å². The molecule has 0 bridgehead atoms. The Labute approximate surface area is 234 Å². The molecule has 5 rings (SSSR count). The van der Waals surface area contributed by atoms with E-state index in [1.807, 2.05) is 0 Å². The molecule has 3 aromatic rings. The second-order valence-electron chi connectivity index (χ2n) is 9.48. The Bertz CT molecular complexity index is 1530. The Hall–Kier alpha value is -2.54. The summed E-state index contributed by atoms with van der Waals surface area (Å²) in [6, 6.07) is 1.26. The summed E-state index contributed by atoms with van der Waals surface area (Å²) in [4.78, 5) is 27.1. The minimum absolute atomic E-state index is 0.160. The molecule has 0 radical (unpaired) electrons. The van der Waals surface area contributed by atoms with Crippen LogP contribution in [0.4, 0.5) is 19.0 Å². The minimum Gasteiger partial charge on any atom is -0.393 e. The van der Waals surface area contributed by atoms with E-state index >= 15 is 0 Å². The van der Waals surface area contributed by atoms with Gasteiger partial charge in [-0.25, -0.2) is 20.1 Å². The normalized spacial score (nSPS) is 23.2. The smallest absolute Gasteiger partial charge is 0.393 e. The fourth-order valence-electron chi connectivity index (χ4n) is 4.84. The van der Waals surface area contributed by atoms with E-state index in [2.05, 4.69) is 24.5 Å². The first-order valence-corrected chi connectivity index (χ1v) is 15.2. The molecule has 1 fully saturated rings. The SMILES string of the molecule is Cc1sc(C(=O)c2cncnc2N[C@@H]2C[C@H](COS(N)(=O)=O)[C@@H](O)C2)cc1C1OCCc2sc(C(F)(F)F)nc21. The molecule has 4 N–H and O–H groups in total. The molecule has 0 amide bonds. The summed E-state index contributed by atoms with van der Waals surface area (Å²) in [5.74, 6) is -0.674. The van der Waals surface area contributed by atoms with Gasteiger partial charge in [0.05, 0.1) is 35.5 Å². The number of halogens is 3. The van der Waals surface area contributed by atoms with Crippen LogP contribution in [-0.4, -0.2) is 59.6 Å². The summed E-state index contributed by atoms with van der Waals surface area (Å²) in [5, 5.41) is 17.4. The third-order valence-corrected chi connectivity index (χ3v) is 9.40. The largest absolute Gasteiger partial charge is 0.443 e. The summed E-state index contributed by atoms with van der Waals surface area (Å²) in [5.41, 5.74) is 0.943. The van der Waals surface area contributed by atoms with Crippen LogP contribution in [0.1, 0.15) is 60.2 Å². The Balaban J connectivity index is 1.35. The molecule has 1 saturated carbocycles. The van der Waals surface area contributed by atoms with Gasteiger partial charge in [-0.15, -0.1) is 22.7 Å². The van der Waals surface area contributed by atoms with Crippen LogP contribution in [0.3, 0.4) is 0 Å². The van der Waals surface area contributed by atoms with Crippen LogP contribution in [0, 0.1) is 12.8 Å². The molecule has 3 aromatic heterocycles. The predicted molar refractivity (Wildman–Crippen MR) is 138 cm³/mol. The van der Waals surface area contributed by atoms with Gasteiger partial charge in [-0.2, -0.15) is 21.6 Å². The van der Waals surface area contributed by atoms with Crippen molar-refractivity contribution < 1.29 is 40.4 Å². The van der Waals surface area contributed by atoms with Crippen LogP contribution in [0.2, 0.25) is 0 Å². The third-order valence-electron chi connectivity index (χ3n) is 6.70. The van der Waals surface area contributed by atoms with E-state index in [0.717, 1.165) is 0 Å². The quantitative estimate of drug-likeness (QED) is 0.319. The first kappa shape index (κ1) is 29.0. The molecule has 0 saturated heterocycles. The summed E-state index contributed by atoms with van der Waals surface area (Å²) in [7, 11) is -4.15. The molecule has 1 unspecified atom stereocenters. The average Bonchev–Trinajstić information content (AvgIpc) is 3.58. The molecule has 17 heteroatoms. The molecular formula is C23H24F3N5O6S3. The van der Waals surface area contributed by atoms with Crippen molar-refractivity contribution >= 4 is 44.6 Å². The van der Waals surface area contributed by atoms with Crippen molar-refractivity contribution in [3.05, 3.63) is 55.1 Å². The number of nitrogens with two attached hydrogens (primary N) is 1. The molecular weight excluding hydrogens is 595 g/mol. The van der Waals surface area contributed by atoms with Crippen LogP contribution in [-0.2, 0) is 31.8 Å². The lowest BCUT2D eigenvalue weighted by Gasteiger charge is -2.22. The van der Waals surface area contributed by atoms with E-state index in [1.54, 1.807) is 13.0 Å². The van der Waals surface area contributed by atoms with E-state index < -0.39 is 45.4 Å². The van der Waals surface area contributed by atoms with Crippen LogP contribution in [0.25, 0.3) is 0 Å². The number of carbonyl (C=O) groups is 1. The number of aryl methyl sites for hydroxylation is 1. The van der Waals surface area contributed by atoms with E-state index in [0.29, 0.717) is 44.4 Å². The highest BCUT2D eigenvalue weighted by molar-refractivity contribution is 7.84. The van der Waals surface area contributed by atoms with Gasteiger partial charge >= 0.3 is 16.5 Å². The maximum absolute atomic E-state index is 13.5. The number of aliphatic hydroxyl groups is 1. The molecule has 216 valence electrons. The fraction of sp³-hybridized carbons (Fsp3) is 0.478. The molecule has 4 atom stereocenters. The number of anilines is 1. The first-order chi connectivity index (χ1) is 18.8. The molecule has 1 aliphatic heterocycles. The Morgan fingerprint density at radius 2 is 2.10 bits per heavy atom. The number of ether oxygens (including phenoxy) is 1. The second kappa shape index (κ2) is 11.0. The van der Waals surface area contributed by atoms with Crippen LogP contribution < -0.4 is 10.5 Å². The van der Waals surface area contributed by atoms with Gasteiger partial charge in [0.15, 0.2) is 5.01 Å². The van der Waals surface area contributed by atoms with Crippen molar-refractivity contribution in [2.45, 2.75) is 50.6 Å². The summed E-state index contributed by atoms with van der Waals surface area (Å²) in [6.07, 6.45) is -2.70. The maximum atomic E-state index is 13.5. The van der Waals surface area contributed by atoms with Gasteiger partial charge in [-0.05, 0) is 25.8 Å². The van der Waals surface area contributed by atoms with E-state index in [4.69, 9.17) is 9.88 Å². The Kier molecular flexibility index (Phi) is 7.99. The lowest BCUT2D eigenvalue weighted by Crippen LogP contribution is -2.24. The number of fused-ring (bicyclic) bond motifs is 1. The van der Waals surface area contributed by atoms with Gasteiger partial charge in [-0.3, -0.25) is 8.98 Å². The van der Waals surface area contributed by atoms with E-state index in [9.17, 15) is 31.5 Å². The number of alkyl halides is 3. The zero-order valence-electron chi connectivity index (χ0n) is 20.8. The standard InChI is InChI=1S/C23H24F3N5O6S3/c1-10-13(20-18-16(2-3-36-20)39-22(31-18)23(24,25)26)6-17(38-10)19(33)14-7-28-9-29-21(14)30-12-4-11(15(32)5-12)8-37-40(27,34)35/h6-7,9,11-12,15,20,32H,2-5,8H2,1H3,(H2,27,34,35)(H,28,29,30)/t11-,12-,15+,20?/m1/s1. The number of rotatable bonds is 8. The minimum atomic E-state index is -4.56. The van der Waals surface area contributed by atoms with Crippen molar-refractivity contribution in [3.8, 4) is 0 Å². The van der Waals surface area contributed by atoms with Crippen LogP contribution >= 0.6 is 22.7 Å². The fourth-order valence-corrected chi connectivity index (χ4v) is 7.14. The molecule has 4 heterocycles. The van der Waals surface area contributed by atoms with Gasteiger partial charge in [0.1, 0.15) is 18.2 Å². The highest BCUT2D eigenvalue weighted by Crippen LogP contribution is 2.43. The number of carbonyl (C=O) groups excluding carboxylic acids is 1. The number of thiazole rings is 1. The molecule has 11 nitrogen and oxygen atoms in total. The third kappa shape index (κ3) is 6.19. The Morgan fingerprint density at radius 1 is 1.32 bits per heavy atom. The van der Waals surface area contributed by atoms with Crippen molar-refractivity contribution in [3.63, 3.8) is 0 Å². The first-order valence-electron chi connectivity index (χ1n) is 12.1. The monoisotopic (exact) mass is 619 g/mol. The molecule has 0 spiro atoms. The lowest BCUT2D eigenvalue weighted by atomic mass is 10.0. The highest BCUT2D eigenvalue weighted by atomic mass is 32.2. The molecule has 40 heavy (non-hydrogen) atoms. The molecule has 0 aromatic carbocycles. The summed E-state index contributed by atoms with van der Waals surface area (Å²) in [6.45, 7) is 1.71. The number of nitrogens with zero attached hydrogens (tertiary/aromatic N) is 3. The topological polar surface area (TPSA) is 167 Å². The van der Waals surface area contributed by atoms with E-state index in [1.165, 1.54) is 23.9 Å². The van der Waals surface area contributed by atoms with Gasteiger partial charge < -0.3 is 15.2 Å². The number of thiophene rings is 1. The van der Waals surface area contributed by atoms with Crippen molar-refractivity contribution in [1.82, 2.24) is 15.0 Å². The lowest BCUT2D eigenvalue weighted by molar-refractivity contribution is -0.137. The maximum Gasteiger partial charge on any atom is 0.443 e. The predicted octanol–water partition coefficient (Wildman–Crippen LogP) is 2.99. The van der Waals surface area contributed by atoms with Gasteiger partial charge in [0.25, 0.3) is 0 Å². The molecule has 2 aliphatic rings. The van der Waals surface area contributed by atoms with Crippen molar-refractivity contribution in [2.75, 3.05) is 18.5 Å². The zero-order valence-corrected chi connectivity index (χ0v) is 23.3. The summed E-state index contributed by atoms with van der Waals surface area (Å²) >= 11 is 1.79. The van der Waals surface area contributed by atoms with Gasteiger partial charge in [0.2, 0.25) is 5.78 Å². The number of aliphatic hydroxyl groups excluding tert-OH is 1. The van der Waals surface area contributed by atoms with Crippen molar-refractivity contribution in [2.24, 2.45) is 11.1 Å². The number of hydrogen-bond acceptors (Lipinski definition) is 12. The highest BCUT2D eigenvalue weighted by Gasteiger charge is 2.39. The Morgan fingerprint density at radius 3 is 2.83 bits per heavy atom. The number of nitrogens with one attached hydrogen (secondary N) is 1. The second-order valence-corrected chi connectivity index (χ2v) is 13.0. The van der Waals surface area contributed by atoms with Crippen molar-refractivity contribution in [1.29, 1.82) is 0 Å². The van der Waals surface area contributed by atoms with Gasteiger partial charge in [0, 0.05) is 39.9 Å². The number of ketones is 1. The van der Waals surface area contributed by atoms with Crippen LogP contribution in [0.5, 0.6) is 0 Å². The summed E-state index contributed by atoms with van der Waals surface area (Å²) < 4.78 is 72.5. The molecule has 1 aliphatic carbocycles. The number of aromatic nitrogens is 3.